The summed E-state index contributed by atoms with van der Waals surface area (Å²) in [5.74, 6) is -2.04. The number of nitrogen functional groups attached to an aromatic ring is 1. The lowest BCUT2D eigenvalue weighted by molar-refractivity contribution is -0.658. The molecular formula is C29H34N8O10S2. The van der Waals surface area contributed by atoms with Crippen molar-refractivity contribution in [3.8, 4) is 16.9 Å². The molecule has 2 fully saturated rings. The van der Waals surface area contributed by atoms with Crippen LogP contribution in [0.4, 0.5) is 10.9 Å². The van der Waals surface area contributed by atoms with E-state index in [9.17, 15) is 32.5 Å². The molecule has 0 saturated carbocycles. The molecule has 3 aromatic rings. The molecule has 2 saturated heterocycles. The first kappa shape index (κ1) is 35.4. The predicted octanol–water partition coefficient (Wildman–Crippen LogP) is -0.623. The van der Waals surface area contributed by atoms with E-state index in [0.29, 0.717) is 10.8 Å². The smallest absolute Gasteiger partial charge is 0.351 e. The van der Waals surface area contributed by atoms with Gasteiger partial charge in [0.1, 0.15) is 24.1 Å². The third-order valence-electron chi connectivity index (χ3n) is 7.78. The number of nitrogens with one attached hydrogen (secondary N) is 2. The Morgan fingerprint density at radius 1 is 1.22 bits per heavy atom. The van der Waals surface area contributed by atoms with Gasteiger partial charge in [0.15, 0.2) is 10.8 Å². The van der Waals surface area contributed by atoms with E-state index in [1.165, 1.54) is 19.2 Å². The summed E-state index contributed by atoms with van der Waals surface area (Å²) in [5.41, 5.74) is 5.52. The van der Waals surface area contributed by atoms with Gasteiger partial charge in [-0.2, -0.15) is 9.35 Å². The van der Waals surface area contributed by atoms with E-state index in [1.807, 2.05) is 31.4 Å². The Balaban J connectivity index is 1.24. The molecule has 2 aliphatic rings. The summed E-state index contributed by atoms with van der Waals surface area (Å²) in [6.07, 6.45) is 0.356. The standard InChI is InChI=1S/C29H34N8O10S2/c1-29(2)24(26(39)37(29)47-49(42,43)44)33-25(38)23(20-16-48-28(30)32-20)34-46-21(27(40)41)15-45-19-7-4-17(5-8-19)18-6-9-22(35(3)14-18)36-12-10-31-11-13-36/h4-9,14,16,21,24,31H,10-13,15H2,1-3H3,(H4-,30,32,33,38,40,41,42,43,44)/b34-23-/t21-,24?/m0/s1. The number of carbonyl (C=O) groups excluding carboxylic acids is 2. The molecule has 262 valence electrons. The fourth-order valence-electron chi connectivity index (χ4n) is 5.19. The Hall–Kier alpha value is -4.89. The van der Waals surface area contributed by atoms with Crippen molar-refractivity contribution >= 4 is 56.2 Å². The number of thiazole rings is 1. The second kappa shape index (κ2) is 14.3. The van der Waals surface area contributed by atoms with Crippen LogP contribution in [0.1, 0.15) is 19.5 Å². The number of carbonyl (C=O) groups is 3. The molecule has 1 aromatic carbocycles. The monoisotopic (exact) mass is 718 g/mol. The molecule has 1 unspecified atom stereocenters. The number of aryl methyl sites for hydroxylation is 1. The average molecular weight is 719 g/mol. The number of nitrogens with zero attached hydrogens (tertiary/aromatic N) is 5. The third-order valence-corrected chi connectivity index (χ3v) is 8.79. The fraction of sp³-hybridized carbons (Fsp3) is 0.379. The number of hydrogen-bond donors (Lipinski definition) is 4. The highest BCUT2D eigenvalue weighted by atomic mass is 32.3. The SMILES string of the molecule is C[n+]1cc(-c2ccc(OC[C@H](O/N=C(\C(=O)NC3C(=O)N(OS(=O)(=O)[O-])C3(C)C)c3csc(N)n3)C(=O)O)cc2)ccc1N1CCNCC1. The van der Waals surface area contributed by atoms with Crippen LogP contribution in [0.25, 0.3) is 11.1 Å². The second-order valence-corrected chi connectivity index (χ2v) is 13.4. The molecule has 2 aliphatic heterocycles. The van der Waals surface area contributed by atoms with Gasteiger partial charge < -0.3 is 35.6 Å². The number of aliphatic carboxylic acids is 1. The van der Waals surface area contributed by atoms with Crippen LogP contribution >= 0.6 is 11.3 Å². The molecule has 0 radical (unpaired) electrons. The number of pyridine rings is 1. The maximum absolute atomic E-state index is 13.2. The van der Waals surface area contributed by atoms with Crippen molar-refractivity contribution in [2.75, 3.05) is 43.4 Å². The number of nitrogens with two attached hydrogens (primary N) is 1. The Morgan fingerprint density at radius 3 is 2.47 bits per heavy atom. The lowest BCUT2D eigenvalue weighted by Crippen LogP contribution is -2.76. The van der Waals surface area contributed by atoms with Gasteiger partial charge in [0.05, 0.1) is 31.9 Å². The molecule has 0 spiro atoms. The van der Waals surface area contributed by atoms with E-state index >= 15 is 0 Å². The molecule has 49 heavy (non-hydrogen) atoms. The molecule has 4 heterocycles. The van der Waals surface area contributed by atoms with Crippen LogP contribution in [0.2, 0.25) is 0 Å². The molecule has 2 atom stereocenters. The number of hydroxylamine groups is 2. The number of piperazine rings is 1. The van der Waals surface area contributed by atoms with Crippen molar-refractivity contribution in [2.45, 2.75) is 31.5 Å². The van der Waals surface area contributed by atoms with Crippen molar-refractivity contribution in [2.24, 2.45) is 12.2 Å². The van der Waals surface area contributed by atoms with Gasteiger partial charge in [-0.15, -0.1) is 11.3 Å². The van der Waals surface area contributed by atoms with Crippen LogP contribution in [0.5, 0.6) is 5.75 Å². The first-order valence-electron chi connectivity index (χ1n) is 14.8. The highest BCUT2D eigenvalue weighted by Crippen LogP contribution is 2.33. The number of hydrogen-bond acceptors (Lipinski definition) is 15. The van der Waals surface area contributed by atoms with Gasteiger partial charge >= 0.3 is 5.97 Å². The number of amides is 2. The summed E-state index contributed by atoms with van der Waals surface area (Å²) in [5, 5.41) is 20.9. The van der Waals surface area contributed by atoms with Crippen molar-refractivity contribution in [3.05, 3.63) is 53.7 Å². The average Bonchev–Trinajstić information content (AvgIpc) is 3.49. The molecule has 2 aromatic heterocycles. The first-order valence-corrected chi connectivity index (χ1v) is 17.0. The number of anilines is 2. The second-order valence-electron chi connectivity index (χ2n) is 11.6. The van der Waals surface area contributed by atoms with E-state index in [1.54, 1.807) is 12.1 Å². The van der Waals surface area contributed by atoms with E-state index in [-0.39, 0.29) is 10.8 Å². The lowest BCUT2D eigenvalue weighted by atomic mass is 9.84. The first-order chi connectivity index (χ1) is 23.1. The van der Waals surface area contributed by atoms with Crippen LogP contribution in [0.3, 0.4) is 0 Å². The lowest BCUT2D eigenvalue weighted by Gasteiger charge is -2.51. The van der Waals surface area contributed by atoms with E-state index in [4.69, 9.17) is 15.3 Å². The van der Waals surface area contributed by atoms with Gasteiger partial charge in [0.2, 0.25) is 10.4 Å². The number of benzene rings is 1. The fourth-order valence-corrected chi connectivity index (χ4v) is 6.18. The van der Waals surface area contributed by atoms with Crippen LogP contribution in [0.15, 0.2) is 53.1 Å². The minimum atomic E-state index is -5.27. The van der Waals surface area contributed by atoms with E-state index in [0.717, 1.165) is 54.5 Å². The normalized spacial score (nSPS) is 18.4. The molecule has 20 heteroatoms. The topological polar surface area (TPSA) is 242 Å². The van der Waals surface area contributed by atoms with E-state index < -0.39 is 58.2 Å². The third kappa shape index (κ3) is 8.23. The quantitative estimate of drug-likeness (QED) is 0.0430. The van der Waals surface area contributed by atoms with Gasteiger partial charge in [-0.3, -0.25) is 14.5 Å². The maximum Gasteiger partial charge on any atom is 0.351 e. The number of oxime groups is 1. The molecule has 5 N–H and O–H groups in total. The number of carboxylic acid groups (broad SMARTS) is 1. The van der Waals surface area contributed by atoms with Gasteiger partial charge in [-0.1, -0.05) is 17.3 Å². The molecule has 5 rings (SSSR count). The number of β-lactam (4-membered cyclic amide) rings is 1. The van der Waals surface area contributed by atoms with Crippen molar-refractivity contribution in [3.63, 3.8) is 0 Å². The predicted molar refractivity (Wildman–Crippen MR) is 173 cm³/mol. The van der Waals surface area contributed by atoms with Crippen LogP contribution in [-0.2, 0) is 41.0 Å². The Bertz CT molecular complexity index is 1860. The van der Waals surface area contributed by atoms with Crippen molar-refractivity contribution in [1.29, 1.82) is 0 Å². The Kier molecular flexibility index (Phi) is 10.3. The van der Waals surface area contributed by atoms with Crippen molar-refractivity contribution < 1.29 is 50.9 Å². The van der Waals surface area contributed by atoms with Crippen LogP contribution < -0.4 is 30.6 Å². The van der Waals surface area contributed by atoms with Gasteiger partial charge in [0.25, 0.3) is 23.7 Å². The summed E-state index contributed by atoms with van der Waals surface area (Å²) in [6, 6.07) is 9.79. The number of carboxylic acids is 1. The largest absolute Gasteiger partial charge is 0.724 e. The Labute approximate surface area is 285 Å². The van der Waals surface area contributed by atoms with Gasteiger partial charge in [-0.05, 0) is 37.6 Å². The zero-order valence-corrected chi connectivity index (χ0v) is 28.2. The summed E-state index contributed by atoms with van der Waals surface area (Å²) in [6.45, 7) is 5.90. The summed E-state index contributed by atoms with van der Waals surface area (Å²) < 4.78 is 44.9. The number of ether oxygens (including phenoxy) is 1. The molecule has 18 nitrogen and oxygen atoms in total. The van der Waals surface area contributed by atoms with Crippen LogP contribution in [0, 0.1) is 0 Å². The zero-order chi connectivity index (χ0) is 35.5. The van der Waals surface area contributed by atoms with E-state index in [2.05, 4.69) is 40.6 Å². The zero-order valence-electron chi connectivity index (χ0n) is 26.6. The van der Waals surface area contributed by atoms with Crippen molar-refractivity contribution in [1.82, 2.24) is 20.7 Å². The molecule has 0 bridgehead atoms. The minimum absolute atomic E-state index is 0.0570. The molecular weight excluding hydrogens is 684 g/mol. The minimum Gasteiger partial charge on any atom is -0.724 e. The number of rotatable bonds is 13. The molecule has 2 amide bonds. The maximum atomic E-state index is 13.2. The van der Waals surface area contributed by atoms with Gasteiger partial charge in [0, 0.05) is 30.1 Å². The Morgan fingerprint density at radius 2 is 1.90 bits per heavy atom. The van der Waals surface area contributed by atoms with Crippen LogP contribution in [-0.4, -0.2) is 102 Å². The van der Waals surface area contributed by atoms with Gasteiger partial charge in [-0.25, -0.2) is 22.8 Å². The highest BCUT2D eigenvalue weighted by molar-refractivity contribution is 7.80. The summed E-state index contributed by atoms with van der Waals surface area (Å²) in [7, 11) is -3.27. The molecule has 0 aliphatic carbocycles. The summed E-state index contributed by atoms with van der Waals surface area (Å²) in [4.78, 5) is 49.3. The summed E-state index contributed by atoms with van der Waals surface area (Å²) >= 11 is 0.958. The highest BCUT2D eigenvalue weighted by Gasteiger charge is 2.57. The number of aromatic nitrogens is 2.